The molecule has 0 heterocycles. The van der Waals surface area contributed by atoms with Crippen LogP contribution in [-0.2, 0) is 16.0 Å². The Bertz CT molecular complexity index is 771. The number of ketones is 1. The molecule has 0 saturated carbocycles. The summed E-state index contributed by atoms with van der Waals surface area (Å²) in [5, 5.41) is 21.1. The van der Waals surface area contributed by atoms with Gasteiger partial charge in [0.15, 0.2) is 5.78 Å². The first-order valence-electron chi connectivity index (χ1n) is 7.87. The van der Waals surface area contributed by atoms with E-state index in [0.717, 1.165) is 0 Å². The number of aliphatic carboxylic acids is 1. The summed E-state index contributed by atoms with van der Waals surface area (Å²) in [6, 6.07) is 13.1. The molecule has 6 nitrogen and oxygen atoms in total. The Labute approximate surface area is 145 Å². The highest BCUT2D eigenvalue weighted by Crippen LogP contribution is 2.25. The second kappa shape index (κ2) is 8.63. The Hall–Kier alpha value is -3.15. The van der Waals surface area contributed by atoms with Gasteiger partial charge in [0.05, 0.1) is 12.1 Å². The minimum Gasteiger partial charge on any atom is -0.506 e. The van der Waals surface area contributed by atoms with Gasteiger partial charge in [-0.3, -0.25) is 14.4 Å². The van der Waals surface area contributed by atoms with Crippen LogP contribution in [-0.4, -0.2) is 27.9 Å². The fraction of sp³-hybridized carbons (Fsp3) is 0.211. The molecular weight excluding hydrogens is 322 g/mol. The van der Waals surface area contributed by atoms with Gasteiger partial charge in [0.2, 0.25) is 5.91 Å². The molecule has 0 unspecified atom stereocenters. The van der Waals surface area contributed by atoms with Crippen molar-refractivity contribution in [3.05, 3.63) is 59.7 Å². The van der Waals surface area contributed by atoms with E-state index in [1.54, 1.807) is 24.3 Å². The maximum atomic E-state index is 12.0. The number of benzene rings is 2. The summed E-state index contributed by atoms with van der Waals surface area (Å²) in [5.41, 5.74) is 1.25. The third-order valence-electron chi connectivity index (χ3n) is 3.59. The highest BCUT2D eigenvalue weighted by atomic mass is 16.4. The highest BCUT2D eigenvalue weighted by molar-refractivity contribution is 5.97. The number of carboxylic acid groups (broad SMARTS) is 1. The lowest BCUT2D eigenvalue weighted by molar-refractivity contribution is -0.136. The minimum atomic E-state index is -0.998. The first-order valence-corrected chi connectivity index (χ1v) is 7.87. The molecule has 2 aromatic rings. The number of aromatic hydroxyl groups is 1. The molecule has 130 valence electrons. The first kappa shape index (κ1) is 18.2. The summed E-state index contributed by atoms with van der Waals surface area (Å²) in [6.07, 6.45) is 0.563. The fourth-order valence-corrected chi connectivity index (χ4v) is 2.36. The first-order chi connectivity index (χ1) is 12.0. The summed E-state index contributed by atoms with van der Waals surface area (Å²) in [4.78, 5) is 34.7. The number of amides is 1. The number of carboxylic acids is 1. The third kappa shape index (κ3) is 5.76. The van der Waals surface area contributed by atoms with Gasteiger partial charge in [-0.05, 0) is 24.1 Å². The van der Waals surface area contributed by atoms with Crippen molar-refractivity contribution in [3.63, 3.8) is 0 Å². The van der Waals surface area contributed by atoms with Crippen LogP contribution < -0.4 is 5.32 Å². The van der Waals surface area contributed by atoms with Crippen LogP contribution >= 0.6 is 0 Å². The second-order valence-corrected chi connectivity index (χ2v) is 5.61. The number of hydrogen-bond acceptors (Lipinski definition) is 4. The summed E-state index contributed by atoms with van der Waals surface area (Å²) < 4.78 is 0. The highest BCUT2D eigenvalue weighted by Gasteiger charge is 2.11. The lowest BCUT2D eigenvalue weighted by atomic mass is 10.1. The molecule has 3 N–H and O–H groups in total. The predicted octanol–water partition coefficient (Wildman–Crippen LogP) is 3.01. The summed E-state index contributed by atoms with van der Waals surface area (Å²) in [5.74, 6) is -1.51. The molecule has 1 amide bonds. The molecule has 2 aromatic carbocycles. The quantitative estimate of drug-likeness (QED) is 0.506. The van der Waals surface area contributed by atoms with Crippen LogP contribution in [0, 0.1) is 0 Å². The molecule has 0 bridgehead atoms. The molecule has 0 radical (unpaired) electrons. The molecule has 6 heteroatoms. The molecule has 0 saturated heterocycles. The molecular formula is C19H19NO5. The zero-order valence-corrected chi connectivity index (χ0v) is 13.6. The normalized spacial score (nSPS) is 10.2. The zero-order valence-electron chi connectivity index (χ0n) is 13.6. The lowest BCUT2D eigenvalue weighted by Crippen LogP contribution is -2.12. The lowest BCUT2D eigenvalue weighted by Gasteiger charge is -2.09. The number of anilines is 1. The van der Waals surface area contributed by atoms with Crippen LogP contribution in [0.1, 0.15) is 35.2 Å². The Morgan fingerprint density at radius 2 is 1.68 bits per heavy atom. The smallest absolute Gasteiger partial charge is 0.307 e. The third-order valence-corrected chi connectivity index (χ3v) is 3.59. The number of rotatable bonds is 8. The van der Waals surface area contributed by atoms with Gasteiger partial charge in [-0.25, -0.2) is 0 Å². The van der Waals surface area contributed by atoms with E-state index in [2.05, 4.69) is 5.32 Å². The Morgan fingerprint density at radius 1 is 0.960 bits per heavy atom. The summed E-state index contributed by atoms with van der Waals surface area (Å²) >= 11 is 0. The van der Waals surface area contributed by atoms with E-state index in [1.165, 1.54) is 18.2 Å². The molecule has 0 atom stereocenters. The van der Waals surface area contributed by atoms with Crippen LogP contribution in [0.25, 0.3) is 0 Å². The maximum absolute atomic E-state index is 12.0. The van der Waals surface area contributed by atoms with Gasteiger partial charge in [-0.1, -0.05) is 36.4 Å². The van der Waals surface area contributed by atoms with E-state index in [4.69, 9.17) is 5.11 Å². The zero-order chi connectivity index (χ0) is 18.2. The van der Waals surface area contributed by atoms with Crippen molar-refractivity contribution < 1.29 is 24.6 Å². The van der Waals surface area contributed by atoms with Crippen molar-refractivity contribution in [2.45, 2.75) is 25.7 Å². The van der Waals surface area contributed by atoms with Crippen molar-refractivity contribution >= 4 is 23.3 Å². The van der Waals surface area contributed by atoms with E-state index in [-0.39, 0.29) is 42.4 Å². The van der Waals surface area contributed by atoms with Gasteiger partial charge in [0, 0.05) is 18.4 Å². The maximum Gasteiger partial charge on any atom is 0.307 e. The number of phenolic OH excluding ortho intramolecular Hbond substituents is 1. The van der Waals surface area contributed by atoms with Gasteiger partial charge in [-0.15, -0.1) is 0 Å². The molecule has 0 aromatic heterocycles. The minimum absolute atomic E-state index is 0.0281. The van der Waals surface area contributed by atoms with Gasteiger partial charge in [0.25, 0.3) is 0 Å². The monoisotopic (exact) mass is 341 g/mol. The number of carbonyl (C=O) groups is 3. The Balaban J connectivity index is 1.86. The van der Waals surface area contributed by atoms with E-state index in [0.29, 0.717) is 17.5 Å². The molecule has 25 heavy (non-hydrogen) atoms. The summed E-state index contributed by atoms with van der Waals surface area (Å²) in [7, 11) is 0. The van der Waals surface area contributed by atoms with Crippen LogP contribution in [0.5, 0.6) is 5.75 Å². The molecule has 0 spiro atoms. The topological polar surface area (TPSA) is 104 Å². The number of carbonyl (C=O) groups excluding carboxylic acids is 2. The van der Waals surface area contributed by atoms with E-state index < -0.39 is 5.97 Å². The number of nitrogens with one attached hydrogen (secondary N) is 1. The fourth-order valence-electron chi connectivity index (χ4n) is 2.36. The molecule has 2 rings (SSSR count). The molecule has 0 fully saturated rings. The predicted molar refractivity (Wildman–Crippen MR) is 92.7 cm³/mol. The standard InChI is InChI=1S/C19H19NO5/c21-16(14-5-2-1-3-6-14)7-4-8-18(23)20-15-11-13(12-19(24)25)9-10-17(15)22/h1-3,5-6,9-11,22H,4,7-8,12H2,(H,20,23)(H,24,25). The van der Waals surface area contributed by atoms with E-state index in [9.17, 15) is 19.5 Å². The number of hydrogen-bond donors (Lipinski definition) is 3. The molecule has 0 aliphatic carbocycles. The van der Waals surface area contributed by atoms with Crippen LogP contribution in [0.2, 0.25) is 0 Å². The van der Waals surface area contributed by atoms with Crippen LogP contribution in [0.3, 0.4) is 0 Å². The van der Waals surface area contributed by atoms with Crippen molar-refractivity contribution in [1.29, 1.82) is 0 Å². The average Bonchev–Trinajstić information content (AvgIpc) is 2.58. The van der Waals surface area contributed by atoms with Gasteiger partial charge in [-0.2, -0.15) is 0 Å². The van der Waals surface area contributed by atoms with E-state index >= 15 is 0 Å². The van der Waals surface area contributed by atoms with Crippen molar-refractivity contribution in [3.8, 4) is 5.75 Å². The second-order valence-electron chi connectivity index (χ2n) is 5.61. The van der Waals surface area contributed by atoms with Crippen molar-refractivity contribution in [1.82, 2.24) is 0 Å². The summed E-state index contributed by atoms with van der Waals surface area (Å²) in [6.45, 7) is 0. The molecule has 0 aliphatic rings. The Kier molecular flexibility index (Phi) is 6.28. The van der Waals surface area contributed by atoms with Crippen LogP contribution in [0.15, 0.2) is 48.5 Å². The number of phenols is 1. The largest absolute Gasteiger partial charge is 0.506 e. The Morgan fingerprint density at radius 3 is 2.36 bits per heavy atom. The van der Waals surface area contributed by atoms with Gasteiger partial charge < -0.3 is 15.5 Å². The van der Waals surface area contributed by atoms with Crippen LogP contribution in [0.4, 0.5) is 5.69 Å². The van der Waals surface area contributed by atoms with Gasteiger partial charge in [0.1, 0.15) is 5.75 Å². The van der Waals surface area contributed by atoms with E-state index in [1.807, 2.05) is 6.07 Å². The molecule has 0 aliphatic heterocycles. The van der Waals surface area contributed by atoms with Crippen molar-refractivity contribution in [2.75, 3.05) is 5.32 Å². The SMILES string of the molecule is O=C(O)Cc1ccc(O)c(NC(=O)CCCC(=O)c2ccccc2)c1. The number of Topliss-reactive ketones (excluding diaryl/α,β-unsaturated/α-hetero) is 1. The van der Waals surface area contributed by atoms with Crippen molar-refractivity contribution in [2.24, 2.45) is 0 Å². The average molecular weight is 341 g/mol. The van der Waals surface area contributed by atoms with Gasteiger partial charge >= 0.3 is 5.97 Å².